The van der Waals surface area contributed by atoms with E-state index in [0.717, 1.165) is 6.07 Å². The molecule has 0 aliphatic heterocycles. The van der Waals surface area contributed by atoms with Crippen LogP contribution in [0.4, 0.5) is 14.6 Å². The summed E-state index contributed by atoms with van der Waals surface area (Å²) in [6, 6.07) is 0.835. The van der Waals surface area contributed by atoms with Crippen LogP contribution in [0.3, 0.4) is 0 Å². The molecule has 1 heterocycles. The molecule has 0 amide bonds. The predicted octanol–water partition coefficient (Wildman–Crippen LogP) is 1.95. The van der Waals surface area contributed by atoms with Crippen LogP contribution in [-0.4, -0.2) is 16.1 Å². The highest BCUT2D eigenvalue weighted by Crippen LogP contribution is 2.31. The molecular weight excluding hydrogens is 218 g/mol. The van der Waals surface area contributed by atoms with Gasteiger partial charge in [0.05, 0.1) is 10.6 Å². The third kappa shape index (κ3) is 1.90. The lowest BCUT2D eigenvalue weighted by atomic mass is 10.2. The molecule has 0 spiro atoms. The molecule has 0 saturated carbocycles. The molecule has 76 valence electrons. The number of carboxylic acid groups (broad SMARTS) is 1. The van der Waals surface area contributed by atoms with E-state index in [2.05, 4.69) is 4.98 Å². The van der Waals surface area contributed by atoms with Gasteiger partial charge in [-0.15, -0.1) is 0 Å². The number of aromatic carboxylic acids is 1. The monoisotopic (exact) mass is 222 g/mol. The molecule has 0 unspecified atom stereocenters. The van der Waals surface area contributed by atoms with Gasteiger partial charge in [0.25, 0.3) is 6.43 Å². The van der Waals surface area contributed by atoms with Gasteiger partial charge in [-0.3, -0.25) is 0 Å². The van der Waals surface area contributed by atoms with Crippen LogP contribution in [0, 0.1) is 0 Å². The largest absolute Gasteiger partial charge is 0.477 e. The third-order valence-corrected chi connectivity index (χ3v) is 1.79. The van der Waals surface area contributed by atoms with Crippen LogP contribution in [0.1, 0.15) is 22.5 Å². The van der Waals surface area contributed by atoms with E-state index in [1.54, 1.807) is 0 Å². The number of carbonyl (C=O) groups is 1. The van der Waals surface area contributed by atoms with Gasteiger partial charge in [-0.2, -0.15) is 0 Å². The van der Waals surface area contributed by atoms with Crippen LogP contribution in [0.25, 0.3) is 0 Å². The first-order valence-electron chi connectivity index (χ1n) is 3.41. The Morgan fingerprint density at radius 3 is 2.57 bits per heavy atom. The summed E-state index contributed by atoms with van der Waals surface area (Å²) >= 11 is 5.41. The second kappa shape index (κ2) is 3.75. The number of nitrogen functional groups attached to an aromatic ring is 1. The van der Waals surface area contributed by atoms with Crippen LogP contribution < -0.4 is 5.73 Å². The molecule has 0 aromatic carbocycles. The Morgan fingerprint density at radius 2 is 2.21 bits per heavy atom. The molecule has 0 aliphatic carbocycles. The number of anilines is 1. The summed E-state index contributed by atoms with van der Waals surface area (Å²) in [5.41, 5.74) is 4.02. The van der Waals surface area contributed by atoms with Crippen LogP contribution in [0.2, 0.25) is 5.02 Å². The molecule has 0 radical (unpaired) electrons. The van der Waals surface area contributed by atoms with E-state index in [1.807, 2.05) is 0 Å². The predicted molar refractivity (Wildman–Crippen MR) is 45.6 cm³/mol. The van der Waals surface area contributed by atoms with Crippen molar-refractivity contribution in [2.75, 3.05) is 5.73 Å². The van der Waals surface area contributed by atoms with Crippen molar-refractivity contribution in [3.63, 3.8) is 0 Å². The molecule has 1 rings (SSSR count). The molecule has 7 heteroatoms. The van der Waals surface area contributed by atoms with Crippen molar-refractivity contribution in [2.24, 2.45) is 0 Å². The number of halogens is 3. The quantitative estimate of drug-likeness (QED) is 0.802. The van der Waals surface area contributed by atoms with E-state index in [0.29, 0.717) is 0 Å². The number of hydrogen-bond acceptors (Lipinski definition) is 3. The van der Waals surface area contributed by atoms with Crippen molar-refractivity contribution < 1.29 is 18.7 Å². The van der Waals surface area contributed by atoms with E-state index in [1.165, 1.54) is 0 Å². The fourth-order valence-electron chi connectivity index (χ4n) is 0.868. The van der Waals surface area contributed by atoms with Crippen molar-refractivity contribution in [3.05, 3.63) is 22.3 Å². The Bertz CT molecular complexity index is 361. The number of hydrogen-bond donors (Lipinski definition) is 2. The number of rotatable bonds is 2. The zero-order valence-electron chi connectivity index (χ0n) is 6.67. The molecule has 1 aromatic rings. The summed E-state index contributed by atoms with van der Waals surface area (Å²) in [5.74, 6) is -1.94. The molecule has 0 saturated heterocycles. The van der Waals surface area contributed by atoms with Gasteiger partial charge < -0.3 is 10.8 Å². The standard InChI is InChI=1S/C7H5ClF2N2O2/c8-2-1-3(7(13)14)12-6(11)4(2)5(9)10/h1,5H,(H2,11,12)(H,13,14). The number of alkyl halides is 2. The minimum atomic E-state index is -2.88. The summed E-state index contributed by atoms with van der Waals surface area (Å²) < 4.78 is 24.5. The maximum Gasteiger partial charge on any atom is 0.354 e. The smallest absolute Gasteiger partial charge is 0.354 e. The maximum atomic E-state index is 12.3. The van der Waals surface area contributed by atoms with Gasteiger partial charge in [-0.05, 0) is 6.07 Å². The SMILES string of the molecule is Nc1nc(C(=O)O)cc(Cl)c1C(F)F. The first-order valence-corrected chi connectivity index (χ1v) is 3.78. The first kappa shape index (κ1) is 10.6. The normalized spacial score (nSPS) is 10.6. The summed E-state index contributed by atoms with van der Waals surface area (Å²) in [6.45, 7) is 0. The van der Waals surface area contributed by atoms with Crippen molar-refractivity contribution in [1.29, 1.82) is 0 Å². The van der Waals surface area contributed by atoms with Gasteiger partial charge in [0.2, 0.25) is 0 Å². The molecule has 0 atom stereocenters. The summed E-state index contributed by atoms with van der Waals surface area (Å²) in [4.78, 5) is 13.7. The minimum absolute atomic E-state index is 0.398. The highest BCUT2D eigenvalue weighted by atomic mass is 35.5. The Kier molecular flexibility index (Phi) is 2.85. The van der Waals surface area contributed by atoms with E-state index >= 15 is 0 Å². The van der Waals surface area contributed by atoms with Crippen molar-refractivity contribution >= 4 is 23.4 Å². The van der Waals surface area contributed by atoms with Crippen molar-refractivity contribution in [2.45, 2.75) is 6.43 Å². The van der Waals surface area contributed by atoms with Gasteiger partial charge in [0.1, 0.15) is 5.82 Å². The van der Waals surface area contributed by atoms with Crippen LogP contribution in [0.5, 0.6) is 0 Å². The molecule has 4 nitrogen and oxygen atoms in total. The second-order valence-corrected chi connectivity index (χ2v) is 2.80. The topological polar surface area (TPSA) is 76.2 Å². The first-order chi connectivity index (χ1) is 6.43. The fraction of sp³-hybridized carbons (Fsp3) is 0.143. The lowest BCUT2D eigenvalue weighted by molar-refractivity contribution is 0.0690. The van der Waals surface area contributed by atoms with E-state index < -0.39 is 34.5 Å². The molecule has 3 N–H and O–H groups in total. The number of carboxylic acids is 1. The number of nitrogens with zero attached hydrogens (tertiary/aromatic N) is 1. The van der Waals surface area contributed by atoms with E-state index in [4.69, 9.17) is 22.4 Å². The molecule has 14 heavy (non-hydrogen) atoms. The zero-order valence-corrected chi connectivity index (χ0v) is 7.42. The van der Waals surface area contributed by atoms with Gasteiger partial charge in [0.15, 0.2) is 5.69 Å². The average molecular weight is 223 g/mol. The van der Waals surface area contributed by atoms with Gasteiger partial charge in [-0.1, -0.05) is 11.6 Å². The Hall–Kier alpha value is -1.43. The molecular formula is C7H5ClF2N2O2. The second-order valence-electron chi connectivity index (χ2n) is 2.39. The van der Waals surface area contributed by atoms with Crippen LogP contribution >= 0.6 is 11.6 Å². The number of pyridine rings is 1. The highest BCUT2D eigenvalue weighted by Gasteiger charge is 2.19. The lowest BCUT2D eigenvalue weighted by Crippen LogP contribution is -2.06. The van der Waals surface area contributed by atoms with Gasteiger partial charge >= 0.3 is 5.97 Å². The third-order valence-electron chi connectivity index (χ3n) is 1.47. The Balaban J connectivity index is 3.32. The summed E-state index contributed by atoms with van der Waals surface area (Å²) in [5, 5.41) is 8.10. The Morgan fingerprint density at radius 1 is 1.64 bits per heavy atom. The molecule has 0 bridgehead atoms. The average Bonchev–Trinajstić information content (AvgIpc) is 2.01. The van der Waals surface area contributed by atoms with Crippen molar-refractivity contribution in [1.82, 2.24) is 4.98 Å². The summed E-state index contributed by atoms with van der Waals surface area (Å²) in [7, 11) is 0. The summed E-state index contributed by atoms with van der Waals surface area (Å²) in [6.07, 6.45) is -2.88. The number of aromatic nitrogens is 1. The fourth-order valence-corrected chi connectivity index (χ4v) is 1.15. The minimum Gasteiger partial charge on any atom is -0.477 e. The molecule has 0 aliphatic rings. The van der Waals surface area contributed by atoms with Crippen LogP contribution in [-0.2, 0) is 0 Å². The van der Waals surface area contributed by atoms with Crippen molar-refractivity contribution in [3.8, 4) is 0 Å². The van der Waals surface area contributed by atoms with Gasteiger partial charge in [-0.25, -0.2) is 18.6 Å². The van der Waals surface area contributed by atoms with Crippen LogP contribution in [0.15, 0.2) is 6.07 Å². The lowest BCUT2D eigenvalue weighted by Gasteiger charge is -2.06. The van der Waals surface area contributed by atoms with E-state index in [9.17, 15) is 13.6 Å². The maximum absolute atomic E-state index is 12.3. The molecule has 1 aromatic heterocycles. The zero-order chi connectivity index (χ0) is 10.9. The number of nitrogens with two attached hydrogens (primary N) is 1. The van der Waals surface area contributed by atoms with Gasteiger partial charge in [0, 0.05) is 0 Å². The highest BCUT2D eigenvalue weighted by molar-refractivity contribution is 6.32. The molecule has 0 fully saturated rings. The Labute approximate surface area is 82.3 Å². The van der Waals surface area contributed by atoms with E-state index in [-0.39, 0.29) is 0 Å².